The molecule has 4 heteroatoms. The van der Waals surface area contributed by atoms with Gasteiger partial charge >= 0.3 is 0 Å². The molecule has 0 bridgehead atoms. The minimum Gasteiger partial charge on any atom is -0.196 e. The molecule has 18 heavy (non-hydrogen) atoms. The van der Waals surface area contributed by atoms with Gasteiger partial charge in [0.25, 0.3) is 0 Å². The Labute approximate surface area is 130 Å². The van der Waals surface area contributed by atoms with Gasteiger partial charge in [-0.25, -0.2) is 0 Å². The number of nitriles is 1. The van der Waals surface area contributed by atoms with Crippen molar-refractivity contribution in [3.8, 4) is 6.07 Å². The van der Waals surface area contributed by atoms with Gasteiger partial charge in [0.2, 0.25) is 0 Å². The fourth-order valence-corrected chi connectivity index (χ4v) is 2.31. The summed E-state index contributed by atoms with van der Waals surface area (Å²) < 4.78 is 0. The van der Waals surface area contributed by atoms with E-state index >= 15 is 0 Å². The van der Waals surface area contributed by atoms with E-state index < -0.39 is 4.87 Å². The molecule has 2 aromatic carbocycles. The summed E-state index contributed by atoms with van der Waals surface area (Å²) in [4.78, 5) is -1.24. The Morgan fingerprint density at radius 1 is 0.944 bits per heavy atom. The molecule has 0 aliphatic rings. The molecule has 1 nitrogen and oxygen atoms in total. The molecular formula is C14H9Cl2NPd. The van der Waals surface area contributed by atoms with Gasteiger partial charge in [-0.1, -0.05) is 71.7 Å². The van der Waals surface area contributed by atoms with Gasteiger partial charge in [0.1, 0.15) is 0 Å². The third-order valence-corrected chi connectivity index (χ3v) is 3.41. The molecule has 0 aliphatic heterocycles. The molecule has 1 unspecified atom stereocenters. The molecule has 94 valence electrons. The molecule has 0 saturated carbocycles. The second-order valence-electron chi connectivity index (χ2n) is 3.62. The van der Waals surface area contributed by atoms with Crippen LogP contribution in [0.15, 0.2) is 54.6 Å². The van der Waals surface area contributed by atoms with E-state index in [1.54, 1.807) is 12.1 Å². The average Bonchev–Trinajstić information content (AvgIpc) is 2.39. The number of nitrogens with zero attached hydrogens (tertiary/aromatic N) is 1. The molecule has 2 aromatic rings. The van der Waals surface area contributed by atoms with E-state index in [4.69, 9.17) is 23.2 Å². The zero-order valence-corrected chi connectivity index (χ0v) is 12.3. The fourth-order valence-electron chi connectivity index (χ4n) is 1.69. The van der Waals surface area contributed by atoms with Crippen LogP contribution in [-0.4, -0.2) is 0 Å². The number of halogens is 2. The molecule has 0 spiro atoms. The summed E-state index contributed by atoms with van der Waals surface area (Å²) in [5.74, 6) is 0. The third-order valence-electron chi connectivity index (χ3n) is 2.57. The van der Waals surface area contributed by atoms with Crippen LogP contribution in [0.25, 0.3) is 0 Å². The van der Waals surface area contributed by atoms with Crippen LogP contribution in [0.1, 0.15) is 11.1 Å². The van der Waals surface area contributed by atoms with Crippen LogP contribution in [0, 0.1) is 11.3 Å². The maximum Gasteiger partial charge on any atom is 0.182 e. The van der Waals surface area contributed by atoms with Crippen molar-refractivity contribution in [2.45, 2.75) is 4.87 Å². The van der Waals surface area contributed by atoms with Gasteiger partial charge in [0.05, 0.1) is 6.07 Å². The minimum absolute atomic E-state index is 0. The predicted octanol–water partition coefficient (Wildman–Crippen LogP) is 4.34. The first-order chi connectivity index (χ1) is 8.18. The minimum atomic E-state index is -1.24. The zero-order valence-electron chi connectivity index (χ0n) is 9.22. The van der Waals surface area contributed by atoms with Crippen LogP contribution in [0.3, 0.4) is 0 Å². The number of alkyl halides is 1. The van der Waals surface area contributed by atoms with Gasteiger partial charge in [-0.15, -0.1) is 0 Å². The molecule has 1 atom stereocenters. The van der Waals surface area contributed by atoms with E-state index in [0.29, 0.717) is 10.6 Å². The topological polar surface area (TPSA) is 23.8 Å². The molecule has 0 heterocycles. The SMILES string of the molecule is N#CC(Cl)(c1ccccc1)c1ccccc1Cl.[Pd]. The Morgan fingerprint density at radius 3 is 2.06 bits per heavy atom. The Kier molecular flexibility index (Phi) is 5.39. The van der Waals surface area contributed by atoms with Crippen molar-refractivity contribution in [2.24, 2.45) is 0 Å². The van der Waals surface area contributed by atoms with E-state index in [-0.39, 0.29) is 20.4 Å². The van der Waals surface area contributed by atoms with Gasteiger partial charge in [0, 0.05) is 31.0 Å². The Morgan fingerprint density at radius 2 is 1.50 bits per heavy atom. The monoisotopic (exact) mass is 367 g/mol. The third kappa shape index (κ3) is 2.77. The number of rotatable bonds is 2. The summed E-state index contributed by atoms with van der Waals surface area (Å²) in [6.45, 7) is 0. The smallest absolute Gasteiger partial charge is 0.182 e. The number of hydrogen-bond acceptors (Lipinski definition) is 1. The van der Waals surface area contributed by atoms with E-state index in [1.807, 2.05) is 42.5 Å². The molecule has 2 rings (SSSR count). The summed E-state index contributed by atoms with van der Waals surface area (Å²) in [7, 11) is 0. The first-order valence-corrected chi connectivity index (χ1v) is 5.85. The van der Waals surface area contributed by atoms with Crippen molar-refractivity contribution in [2.75, 3.05) is 0 Å². The number of hydrogen-bond donors (Lipinski definition) is 0. The summed E-state index contributed by atoms with van der Waals surface area (Å²) in [5.41, 5.74) is 1.33. The first kappa shape index (κ1) is 15.2. The van der Waals surface area contributed by atoms with Crippen molar-refractivity contribution in [3.63, 3.8) is 0 Å². The summed E-state index contributed by atoms with van der Waals surface area (Å²) >= 11 is 12.5. The second kappa shape index (κ2) is 6.37. The predicted molar refractivity (Wildman–Crippen MR) is 70.1 cm³/mol. The summed E-state index contributed by atoms with van der Waals surface area (Å²) in [6, 6.07) is 18.5. The van der Waals surface area contributed by atoms with Crippen LogP contribution in [0.2, 0.25) is 5.02 Å². The normalized spacial score (nSPS) is 12.9. The van der Waals surface area contributed by atoms with Crippen LogP contribution in [-0.2, 0) is 25.3 Å². The molecule has 0 N–H and O–H groups in total. The molecule has 0 aliphatic carbocycles. The largest absolute Gasteiger partial charge is 0.196 e. The Balaban J connectivity index is 0.00000162. The summed E-state index contributed by atoms with van der Waals surface area (Å²) in [5, 5.41) is 9.87. The molecule has 0 radical (unpaired) electrons. The van der Waals surface area contributed by atoms with Crippen molar-refractivity contribution in [1.82, 2.24) is 0 Å². The van der Waals surface area contributed by atoms with Crippen LogP contribution in [0.5, 0.6) is 0 Å². The summed E-state index contributed by atoms with van der Waals surface area (Å²) in [6.07, 6.45) is 0. The van der Waals surface area contributed by atoms with Gasteiger partial charge in [0.15, 0.2) is 4.87 Å². The average molecular weight is 369 g/mol. The van der Waals surface area contributed by atoms with Crippen LogP contribution < -0.4 is 0 Å². The van der Waals surface area contributed by atoms with Gasteiger partial charge in [-0.2, -0.15) is 5.26 Å². The van der Waals surface area contributed by atoms with Crippen LogP contribution >= 0.6 is 23.2 Å². The molecule has 0 amide bonds. The van der Waals surface area contributed by atoms with Crippen molar-refractivity contribution in [3.05, 3.63) is 70.7 Å². The van der Waals surface area contributed by atoms with E-state index in [2.05, 4.69) is 6.07 Å². The van der Waals surface area contributed by atoms with Crippen molar-refractivity contribution in [1.29, 1.82) is 5.26 Å². The Bertz CT molecular complexity index is 566. The van der Waals surface area contributed by atoms with Crippen LogP contribution in [0.4, 0.5) is 0 Å². The maximum atomic E-state index is 9.38. The second-order valence-corrected chi connectivity index (χ2v) is 4.59. The molecular weight excluding hydrogens is 359 g/mol. The van der Waals surface area contributed by atoms with E-state index in [1.165, 1.54) is 0 Å². The van der Waals surface area contributed by atoms with Gasteiger partial charge in [-0.3, -0.25) is 0 Å². The van der Waals surface area contributed by atoms with E-state index in [9.17, 15) is 5.26 Å². The zero-order chi connectivity index (χ0) is 12.3. The fraction of sp³-hybridized carbons (Fsp3) is 0.0714. The molecule has 0 aromatic heterocycles. The number of benzene rings is 2. The maximum absolute atomic E-state index is 9.38. The van der Waals surface area contributed by atoms with Crippen molar-refractivity contribution < 1.29 is 20.4 Å². The standard InChI is InChI=1S/C14H9Cl2N.Pd/c15-13-9-5-4-8-12(13)14(16,10-17)11-6-2-1-3-7-11;/h1-9H;. The van der Waals surface area contributed by atoms with Gasteiger partial charge in [-0.05, 0) is 11.6 Å². The Hall–Kier alpha value is -0.828. The van der Waals surface area contributed by atoms with Crippen molar-refractivity contribution >= 4 is 23.2 Å². The molecule has 0 fully saturated rings. The van der Waals surface area contributed by atoms with Gasteiger partial charge < -0.3 is 0 Å². The first-order valence-electron chi connectivity index (χ1n) is 5.09. The van der Waals surface area contributed by atoms with E-state index in [0.717, 1.165) is 5.56 Å². The molecule has 0 saturated heterocycles. The quantitative estimate of drug-likeness (QED) is 0.571.